The van der Waals surface area contributed by atoms with Gasteiger partial charge in [-0.2, -0.15) is 0 Å². The van der Waals surface area contributed by atoms with Gasteiger partial charge in [0.25, 0.3) is 5.91 Å². The first kappa shape index (κ1) is 15.1. The highest BCUT2D eigenvalue weighted by molar-refractivity contribution is 6.32. The molecule has 0 radical (unpaired) electrons. The Morgan fingerprint density at radius 3 is 2.75 bits per heavy atom. The van der Waals surface area contributed by atoms with Crippen LogP contribution in [-0.2, 0) is 4.79 Å². The molecule has 1 saturated carbocycles. The van der Waals surface area contributed by atoms with Crippen LogP contribution in [0.2, 0.25) is 5.02 Å². The van der Waals surface area contributed by atoms with Gasteiger partial charge in [0.05, 0.1) is 5.02 Å². The number of rotatable bonds is 7. The van der Waals surface area contributed by atoms with Gasteiger partial charge in [0.1, 0.15) is 5.75 Å². The quantitative estimate of drug-likeness (QED) is 0.841. The maximum absolute atomic E-state index is 12.2. The molecule has 0 heterocycles. The lowest BCUT2D eigenvalue weighted by atomic mass is 9.91. The monoisotopic (exact) mass is 297 g/mol. The van der Waals surface area contributed by atoms with Crippen molar-refractivity contribution in [2.24, 2.45) is 0 Å². The van der Waals surface area contributed by atoms with Crippen LogP contribution in [0.4, 0.5) is 0 Å². The van der Waals surface area contributed by atoms with Gasteiger partial charge >= 0.3 is 0 Å². The molecule has 0 spiro atoms. The fraction of sp³-hybridized carbons (Fsp3) is 0.533. The fourth-order valence-electron chi connectivity index (χ4n) is 2.23. The van der Waals surface area contributed by atoms with Crippen LogP contribution < -0.4 is 4.74 Å². The van der Waals surface area contributed by atoms with E-state index in [-0.39, 0.29) is 19.1 Å². The number of hydrogen-bond donors (Lipinski definition) is 1. The van der Waals surface area contributed by atoms with Crippen LogP contribution in [0, 0.1) is 0 Å². The topological polar surface area (TPSA) is 49.8 Å². The number of hydrogen-bond acceptors (Lipinski definition) is 3. The standard InChI is InChI=1S/C15H20ClNO3/c16-13-7-1-2-8-14(13)20-11-15(19)17(9-4-10-18)12-5-3-6-12/h1-2,7-8,12,18H,3-6,9-11H2. The summed E-state index contributed by atoms with van der Waals surface area (Å²) in [5.41, 5.74) is 0. The second-order valence-corrected chi connectivity index (χ2v) is 5.38. The van der Waals surface area contributed by atoms with Crippen molar-refractivity contribution in [3.05, 3.63) is 29.3 Å². The van der Waals surface area contributed by atoms with Crippen molar-refractivity contribution in [2.45, 2.75) is 31.7 Å². The third-order valence-electron chi connectivity index (χ3n) is 3.58. The number of carbonyl (C=O) groups excluding carboxylic acids is 1. The zero-order valence-electron chi connectivity index (χ0n) is 11.4. The Kier molecular flexibility index (Phi) is 5.68. The highest BCUT2D eigenvalue weighted by atomic mass is 35.5. The van der Waals surface area contributed by atoms with Gasteiger partial charge in [-0.05, 0) is 37.8 Å². The summed E-state index contributed by atoms with van der Waals surface area (Å²) in [6, 6.07) is 7.43. The van der Waals surface area contributed by atoms with E-state index >= 15 is 0 Å². The molecule has 0 unspecified atom stereocenters. The van der Waals surface area contributed by atoms with Crippen molar-refractivity contribution in [3.8, 4) is 5.75 Å². The van der Waals surface area contributed by atoms with E-state index in [4.69, 9.17) is 21.4 Å². The summed E-state index contributed by atoms with van der Waals surface area (Å²) < 4.78 is 5.49. The van der Waals surface area contributed by atoms with Gasteiger partial charge in [-0.1, -0.05) is 23.7 Å². The molecule has 2 rings (SSSR count). The summed E-state index contributed by atoms with van der Waals surface area (Å²) in [5.74, 6) is 0.487. The molecule has 0 saturated heterocycles. The van der Waals surface area contributed by atoms with Gasteiger partial charge in [0.15, 0.2) is 6.61 Å². The molecule has 4 nitrogen and oxygen atoms in total. The van der Waals surface area contributed by atoms with Gasteiger partial charge in [0, 0.05) is 19.2 Å². The molecule has 110 valence electrons. The summed E-state index contributed by atoms with van der Waals surface area (Å²) in [6.45, 7) is 0.680. The number of benzene rings is 1. The van der Waals surface area contributed by atoms with E-state index in [1.165, 1.54) is 6.42 Å². The van der Waals surface area contributed by atoms with E-state index in [0.717, 1.165) is 12.8 Å². The molecular weight excluding hydrogens is 278 g/mol. The van der Waals surface area contributed by atoms with Crippen molar-refractivity contribution < 1.29 is 14.6 Å². The van der Waals surface area contributed by atoms with Crippen molar-refractivity contribution in [3.63, 3.8) is 0 Å². The number of ether oxygens (including phenoxy) is 1. The number of aliphatic hydroxyl groups is 1. The lowest BCUT2D eigenvalue weighted by molar-refractivity contribution is -0.137. The smallest absolute Gasteiger partial charge is 0.260 e. The maximum Gasteiger partial charge on any atom is 0.260 e. The lowest BCUT2D eigenvalue weighted by Gasteiger charge is -2.37. The van der Waals surface area contributed by atoms with Crippen molar-refractivity contribution in [1.82, 2.24) is 4.90 Å². The minimum atomic E-state index is -0.0388. The molecular formula is C15H20ClNO3. The number of aliphatic hydroxyl groups excluding tert-OH is 1. The van der Waals surface area contributed by atoms with Gasteiger partial charge < -0.3 is 14.7 Å². The largest absolute Gasteiger partial charge is 0.482 e. The molecule has 20 heavy (non-hydrogen) atoms. The number of carbonyl (C=O) groups is 1. The van der Waals surface area contributed by atoms with Crippen LogP contribution in [-0.4, -0.2) is 41.7 Å². The Labute approximate surface area is 124 Å². The summed E-state index contributed by atoms with van der Waals surface area (Å²) in [5, 5.41) is 9.43. The van der Waals surface area contributed by atoms with E-state index in [1.807, 2.05) is 17.0 Å². The average molecular weight is 298 g/mol. The second-order valence-electron chi connectivity index (χ2n) is 4.97. The minimum Gasteiger partial charge on any atom is -0.482 e. The van der Waals surface area contributed by atoms with Crippen LogP contribution >= 0.6 is 11.6 Å². The first-order chi connectivity index (χ1) is 9.72. The van der Waals surface area contributed by atoms with E-state index < -0.39 is 0 Å². The third-order valence-corrected chi connectivity index (χ3v) is 3.89. The number of para-hydroxylation sites is 1. The van der Waals surface area contributed by atoms with E-state index in [2.05, 4.69) is 0 Å². The van der Waals surface area contributed by atoms with Gasteiger partial charge in [0.2, 0.25) is 0 Å². The Morgan fingerprint density at radius 1 is 1.40 bits per heavy atom. The summed E-state index contributed by atoms with van der Waals surface area (Å²) in [6.07, 6.45) is 3.86. The summed E-state index contributed by atoms with van der Waals surface area (Å²) >= 11 is 5.99. The Morgan fingerprint density at radius 2 is 2.15 bits per heavy atom. The highest BCUT2D eigenvalue weighted by Crippen LogP contribution is 2.26. The summed E-state index contributed by atoms with van der Waals surface area (Å²) in [4.78, 5) is 14.1. The van der Waals surface area contributed by atoms with Crippen molar-refractivity contribution >= 4 is 17.5 Å². The molecule has 1 aromatic rings. The maximum atomic E-state index is 12.2. The Bertz CT molecular complexity index is 448. The fourth-order valence-corrected chi connectivity index (χ4v) is 2.42. The van der Waals surface area contributed by atoms with Gasteiger partial charge in [-0.3, -0.25) is 4.79 Å². The molecule has 0 aliphatic heterocycles. The molecule has 1 amide bonds. The zero-order valence-corrected chi connectivity index (χ0v) is 12.2. The predicted octanol–water partition coefficient (Wildman–Crippen LogP) is 2.48. The molecule has 5 heteroatoms. The molecule has 1 aliphatic carbocycles. The Hall–Kier alpha value is -1.26. The molecule has 1 fully saturated rings. The average Bonchev–Trinajstić information content (AvgIpc) is 2.40. The SMILES string of the molecule is O=C(COc1ccccc1Cl)N(CCCO)C1CCC1. The minimum absolute atomic E-state index is 0.00827. The first-order valence-electron chi connectivity index (χ1n) is 7.00. The van der Waals surface area contributed by atoms with E-state index in [9.17, 15) is 4.79 Å². The number of amides is 1. The molecule has 1 aliphatic rings. The van der Waals surface area contributed by atoms with Crippen LogP contribution in [0.5, 0.6) is 5.75 Å². The Balaban J connectivity index is 1.89. The van der Waals surface area contributed by atoms with Crippen LogP contribution in [0.25, 0.3) is 0 Å². The van der Waals surface area contributed by atoms with E-state index in [0.29, 0.717) is 29.8 Å². The third kappa shape index (κ3) is 3.87. The highest BCUT2D eigenvalue weighted by Gasteiger charge is 2.28. The molecule has 0 aromatic heterocycles. The first-order valence-corrected chi connectivity index (χ1v) is 7.38. The summed E-state index contributed by atoms with van der Waals surface area (Å²) in [7, 11) is 0. The van der Waals surface area contributed by atoms with Crippen LogP contribution in [0.3, 0.4) is 0 Å². The van der Waals surface area contributed by atoms with Crippen molar-refractivity contribution in [2.75, 3.05) is 19.8 Å². The molecule has 1 aromatic carbocycles. The number of halogens is 1. The van der Waals surface area contributed by atoms with Gasteiger partial charge in [-0.15, -0.1) is 0 Å². The second kappa shape index (κ2) is 7.50. The van der Waals surface area contributed by atoms with Gasteiger partial charge in [-0.25, -0.2) is 0 Å². The molecule has 0 bridgehead atoms. The molecule has 0 atom stereocenters. The number of nitrogens with zero attached hydrogens (tertiary/aromatic N) is 1. The zero-order chi connectivity index (χ0) is 14.4. The van der Waals surface area contributed by atoms with Crippen LogP contribution in [0.15, 0.2) is 24.3 Å². The lowest BCUT2D eigenvalue weighted by Crippen LogP contribution is -2.46. The normalized spacial score (nSPS) is 14.7. The van der Waals surface area contributed by atoms with Crippen LogP contribution in [0.1, 0.15) is 25.7 Å². The van der Waals surface area contributed by atoms with Crippen molar-refractivity contribution in [1.29, 1.82) is 0 Å². The predicted molar refractivity (Wildman–Crippen MR) is 78.0 cm³/mol. The van der Waals surface area contributed by atoms with E-state index in [1.54, 1.807) is 12.1 Å². The molecule has 1 N–H and O–H groups in total.